The summed E-state index contributed by atoms with van der Waals surface area (Å²) in [6.07, 6.45) is 5.42. The van der Waals surface area contributed by atoms with Crippen LogP contribution in [0.2, 0.25) is 0 Å². The summed E-state index contributed by atoms with van der Waals surface area (Å²) < 4.78 is 5.67. The van der Waals surface area contributed by atoms with Gasteiger partial charge in [0.25, 0.3) is 0 Å². The zero-order chi connectivity index (χ0) is 13.8. The van der Waals surface area contributed by atoms with Gasteiger partial charge < -0.3 is 15.4 Å². The maximum Gasteiger partial charge on any atom is 0.226 e. The van der Waals surface area contributed by atoms with Crippen molar-refractivity contribution in [3.63, 3.8) is 0 Å². The van der Waals surface area contributed by atoms with Crippen molar-refractivity contribution in [1.29, 1.82) is 0 Å². The van der Waals surface area contributed by atoms with Crippen LogP contribution in [0.3, 0.4) is 0 Å². The summed E-state index contributed by atoms with van der Waals surface area (Å²) in [4.78, 5) is 14.8. The number of carbonyl (C=O) groups is 1. The topological polar surface area (TPSA) is 55.6 Å². The summed E-state index contributed by atoms with van der Waals surface area (Å²) in [5, 5.41) is 0. The molecule has 1 saturated heterocycles. The fourth-order valence-electron chi connectivity index (χ4n) is 3.33. The van der Waals surface area contributed by atoms with Crippen molar-refractivity contribution in [3.8, 4) is 0 Å². The van der Waals surface area contributed by atoms with Gasteiger partial charge >= 0.3 is 0 Å². The van der Waals surface area contributed by atoms with Gasteiger partial charge in [-0.1, -0.05) is 6.92 Å². The first-order valence-corrected chi connectivity index (χ1v) is 7.77. The van der Waals surface area contributed by atoms with Gasteiger partial charge in [-0.2, -0.15) is 0 Å². The number of amides is 1. The molecule has 4 nitrogen and oxygen atoms in total. The van der Waals surface area contributed by atoms with Crippen molar-refractivity contribution >= 4 is 5.91 Å². The molecule has 1 aliphatic heterocycles. The third kappa shape index (κ3) is 3.48. The molecule has 2 atom stereocenters. The zero-order valence-electron chi connectivity index (χ0n) is 12.3. The minimum atomic E-state index is 0.173. The summed E-state index contributed by atoms with van der Waals surface area (Å²) in [6, 6.07) is 0.274. The molecule has 0 spiro atoms. The lowest BCUT2D eigenvalue weighted by Crippen LogP contribution is -2.53. The number of hydrogen-bond acceptors (Lipinski definition) is 3. The summed E-state index contributed by atoms with van der Waals surface area (Å²) in [5.41, 5.74) is 5.72. The van der Waals surface area contributed by atoms with Gasteiger partial charge in [-0.15, -0.1) is 0 Å². The maximum atomic E-state index is 12.7. The fourth-order valence-corrected chi connectivity index (χ4v) is 3.33. The number of nitrogens with two attached hydrogens (primary N) is 1. The second kappa shape index (κ2) is 6.71. The van der Waals surface area contributed by atoms with Gasteiger partial charge in [0.15, 0.2) is 0 Å². The molecule has 0 aromatic heterocycles. The normalized spacial score (nSPS) is 36.3. The Bertz CT molecular complexity index is 301. The van der Waals surface area contributed by atoms with E-state index >= 15 is 0 Å². The number of carbonyl (C=O) groups excluding carboxylic acids is 1. The molecular weight excluding hydrogens is 240 g/mol. The quantitative estimate of drug-likeness (QED) is 0.849. The molecule has 2 N–H and O–H groups in total. The summed E-state index contributed by atoms with van der Waals surface area (Å²) in [6.45, 7) is 6.41. The molecule has 1 saturated carbocycles. The highest BCUT2D eigenvalue weighted by molar-refractivity contribution is 5.79. The molecule has 1 heterocycles. The van der Waals surface area contributed by atoms with E-state index in [1.165, 1.54) is 0 Å². The van der Waals surface area contributed by atoms with Crippen LogP contribution in [0.25, 0.3) is 0 Å². The van der Waals surface area contributed by atoms with Crippen molar-refractivity contribution in [2.75, 3.05) is 19.7 Å². The fraction of sp³-hybridized carbons (Fsp3) is 0.933. The van der Waals surface area contributed by atoms with E-state index in [0.29, 0.717) is 18.4 Å². The van der Waals surface area contributed by atoms with E-state index in [1.807, 2.05) is 0 Å². The molecule has 110 valence electrons. The Labute approximate surface area is 116 Å². The smallest absolute Gasteiger partial charge is 0.226 e. The van der Waals surface area contributed by atoms with Gasteiger partial charge in [-0.05, 0) is 51.5 Å². The van der Waals surface area contributed by atoms with E-state index in [2.05, 4.69) is 18.7 Å². The van der Waals surface area contributed by atoms with Crippen molar-refractivity contribution in [1.82, 2.24) is 4.90 Å². The van der Waals surface area contributed by atoms with Crippen molar-refractivity contribution in [2.45, 2.75) is 58.1 Å². The maximum absolute atomic E-state index is 12.7. The molecule has 0 bridgehead atoms. The third-order valence-electron chi connectivity index (χ3n) is 4.75. The van der Waals surface area contributed by atoms with Gasteiger partial charge in [0.1, 0.15) is 0 Å². The van der Waals surface area contributed by atoms with Crippen LogP contribution in [0.5, 0.6) is 0 Å². The average Bonchev–Trinajstić information content (AvgIpc) is 2.46. The number of morpholine rings is 1. The molecule has 4 heteroatoms. The summed E-state index contributed by atoms with van der Waals surface area (Å²) in [5.74, 6) is 1.22. The molecule has 1 amide bonds. The summed E-state index contributed by atoms with van der Waals surface area (Å²) >= 11 is 0. The minimum absolute atomic E-state index is 0.173. The average molecular weight is 268 g/mol. The van der Waals surface area contributed by atoms with Crippen LogP contribution in [-0.2, 0) is 9.53 Å². The Morgan fingerprint density at radius 3 is 2.58 bits per heavy atom. The Kier molecular flexibility index (Phi) is 5.22. The minimum Gasteiger partial charge on any atom is -0.375 e. The lowest BCUT2D eigenvalue weighted by atomic mass is 9.81. The van der Waals surface area contributed by atoms with Crippen LogP contribution in [0.1, 0.15) is 46.0 Å². The van der Waals surface area contributed by atoms with Crippen LogP contribution in [0.4, 0.5) is 0 Å². The van der Waals surface area contributed by atoms with E-state index in [0.717, 1.165) is 45.2 Å². The van der Waals surface area contributed by atoms with Crippen LogP contribution < -0.4 is 5.73 Å². The first kappa shape index (κ1) is 14.8. The second-order valence-electron chi connectivity index (χ2n) is 6.15. The van der Waals surface area contributed by atoms with E-state index < -0.39 is 0 Å². The summed E-state index contributed by atoms with van der Waals surface area (Å²) in [7, 11) is 0. The van der Waals surface area contributed by atoms with Gasteiger partial charge in [0.2, 0.25) is 5.91 Å². The van der Waals surface area contributed by atoms with Gasteiger partial charge in [-0.3, -0.25) is 4.79 Å². The Hall–Kier alpha value is -0.610. The van der Waals surface area contributed by atoms with E-state index in [1.54, 1.807) is 0 Å². The molecule has 2 aliphatic rings. The first-order valence-electron chi connectivity index (χ1n) is 7.77. The Balaban J connectivity index is 1.94. The molecule has 1 aliphatic carbocycles. The molecule has 0 aromatic carbocycles. The van der Waals surface area contributed by atoms with Crippen LogP contribution in [-0.4, -0.2) is 42.6 Å². The largest absolute Gasteiger partial charge is 0.375 e. The number of ether oxygens (including phenoxy) is 1. The van der Waals surface area contributed by atoms with Gasteiger partial charge in [0.05, 0.1) is 18.8 Å². The molecule has 0 radical (unpaired) electrons. The van der Waals surface area contributed by atoms with E-state index in [9.17, 15) is 4.79 Å². The first-order chi connectivity index (χ1) is 9.15. The highest BCUT2D eigenvalue weighted by Gasteiger charge is 2.34. The van der Waals surface area contributed by atoms with E-state index in [4.69, 9.17) is 10.5 Å². The van der Waals surface area contributed by atoms with Crippen LogP contribution in [0.15, 0.2) is 0 Å². The lowest BCUT2D eigenvalue weighted by Gasteiger charge is -2.41. The lowest BCUT2D eigenvalue weighted by molar-refractivity contribution is -0.150. The van der Waals surface area contributed by atoms with Crippen molar-refractivity contribution < 1.29 is 9.53 Å². The molecule has 0 aromatic rings. The van der Waals surface area contributed by atoms with E-state index in [-0.39, 0.29) is 18.1 Å². The third-order valence-corrected chi connectivity index (χ3v) is 4.75. The number of nitrogens with zero attached hydrogens (tertiary/aromatic N) is 1. The van der Waals surface area contributed by atoms with Crippen molar-refractivity contribution in [3.05, 3.63) is 0 Å². The van der Waals surface area contributed by atoms with Crippen molar-refractivity contribution in [2.24, 2.45) is 17.6 Å². The Morgan fingerprint density at radius 1 is 1.32 bits per heavy atom. The van der Waals surface area contributed by atoms with Gasteiger partial charge in [0, 0.05) is 12.5 Å². The standard InChI is InChI=1S/C15H28N2O2/c1-3-14-10-19-11(2)9-17(14)15(18)13-6-4-12(8-16)5-7-13/h11-14H,3-10,16H2,1-2H3. The molecule has 2 fully saturated rings. The van der Waals surface area contributed by atoms with Crippen LogP contribution >= 0.6 is 0 Å². The number of rotatable bonds is 3. The SMILES string of the molecule is CCC1COC(C)CN1C(=O)C1CCC(CN)CC1. The monoisotopic (exact) mass is 268 g/mol. The number of hydrogen-bond donors (Lipinski definition) is 1. The Morgan fingerprint density at radius 2 is 2.00 bits per heavy atom. The van der Waals surface area contributed by atoms with Gasteiger partial charge in [-0.25, -0.2) is 0 Å². The highest BCUT2D eigenvalue weighted by atomic mass is 16.5. The highest BCUT2D eigenvalue weighted by Crippen LogP contribution is 2.30. The predicted octanol–water partition coefficient (Wildman–Crippen LogP) is 1.78. The molecule has 2 rings (SSSR count). The molecule has 2 unspecified atom stereocenters. The van der Waals surface area contributed by atoms with Crippen LogP contribution in [0, 0.1) is 11.8 Å². The molecule has 19 heavy (non-hydrogen) atoms. The second-order valence-corrected chi connectivity index (χ2v) is 6.15. The zero-order valence-corrected chi connectivity index (χ0v) is 12.3. The predicted molar refractivity (Wildman–Crippen MR) is 75.7 cm³/mol. The molecular formula is C15H28N2O2.